The number of unbranched alkanes of at least 4 members (excludes halogenated alkanes) is 1. The van der Waals surface area contributed by atoms with Crippen LogP contribution in [0, 0.1) is 0 Å². The van der Waals surface area contributed by atoms with Crippen LogP contribution < -0.4 is 0 Å². The van der Waals surface area contributed by atoms with Gasteiger partial charge in [0.2, 0.25) is 0 Å². The second-order valence-electron chi connectivity index (χ2n) is 2.47. The van der Waals surface area contributed by atoms with Crippen LogP contribution in [0.25, 0.3) is 0 Å². The Labute approximate surface area is 85.8 Å². The lowest BCUT2D eigenvalue weighted by molar-refractivity contribution is -0.0716. The zero-order valence-electron chi connectivity index (χ0n) is 8.16. The van der Waals surface area contributed by atoms with Crippen molar-refractivity contribution in [2.75, 3.05) is 6.61 Å². The third-order valence-electron chi connectivity index (χ3n) is 1.23. The summed E-state index contributed by atoms with van der Waals surface area (Å²) in [5.41, 5.74) is 0. The normalized spacial score (nSPS) is 15.9. The van der Waals surface area contributed by atoms with E-state index < -0.39 is 23.5 Å². The number of hydrogen-bond acceptors (Lipinski definition) is 6. The monoisotopic (exact) mass is 246 g/mol. The summed E-state index contributed by atoms with van der Waals surface area (Å²) in [5, 5.41) is 0. The van der Waals surface area contributed by atoms with Gasteiger partial charge < -0.3 is 19.4 Å². The van der Waals surface area contributed by atoms with Crippen molar-refractivity contribution in [3.8, 4) is 0 Å². The average Bonchev–Trinajstić information content (AvgIpc) is 2.02. The molecular weight excluding hydrogens is 230 g/mol. The fourth-order valence-corrected chi connectivity index (χ4v) is 1.60. The Morgan fingerprint density at radius 3 is 2.43 bits per heavy atom. The van der Waals surface area contributed by atoms with Gasteiger partial charge in [0.1, 0.15) is 0 Å². The van der Waals surface area contributed by atoms with Gasteiger partial charge in [-0.3, -0.25) is 4.52 Å². The SMILES string of the molecule is CCCCOC(C)OP(O)OP(O)O. The lowest BCUT2D eigenvalue weighted by atomic mass is 10.4. The lowest BCUT2D eigenvalue weighted by Gasteiger charge is -2.16. The molecule has 0 bridgehead atoms. The molecule has 14 heavy (non-hydrogen) atoms. The minimum absolute atomic E-state index is 0.536. The maximum absolute atomic E-state index is 8.98. The van der Waals surface area contributed by atoms with E-state index in [-0.39, 0.29) is 0 Å². The summed E-state index contributed by atoms with van der Waals surface area (Å²) in [7, 11) is -4.86. The van der Waals surface area contributed by atoms with E-state index in [0.29, 0.717) is 6.61 Å². The van der Waals surface area contributed by atoms with Crippen molar-refractivity contribution in [1.82, 2.24) is 0 Å². The van der Waals surface area contributed by atoms with E-state index in [9.17, 15) is 0 Å². The summed E-state index contributed by atoms with van der Waals surface area (Å²) in [4.78, 5) is 25.7. The topological polar surface area (TPSA) is 88.4 Å². The van der Waals surface area contributed by atoms with Crippen LogP contribution in [-0.4, -0.2) is 27.6 Å². The molecule has 3 N–H and O–H groups in total. The smallest absolute Gasteiger partial charge is 0.339 e. The van der Waals surface area contributed by atoms with Crippen LogP contribution in [0.5, 0.6) is 0 Å². The van der Waals surface area contributed by atoms with Crippen molar-refractivity contribution >= 4 is 17.2 Å². The molecule has 0 heterocycles. The van der Waals surface area contributed by atoms with E-state index in [1.807, 2.05) is 6.92 Å². The predicted molar refractivity (Wildman–Crippen MR) is 53.0 cm³/mol. The quantitative estimate of drug-likeness (QED) is 0.342. The Hall–Kier alpha value is 0.620. The molecule has 86 valence electrons. The van der Waals surface area contributed by atoms with Gasteiger partial charge >= 0.3 is 17.2 Å². The zero-order valence-corrected chi connectivity index (χ0v) is 9.95. The maximum Gasteiger partial charge on any atom is 0.339 e. The van der Waals surface area contributed by atoms with Crippen molar-refractivity contribution in [1.29, 1.82) is 0 Å². The first-order valence-electron chi connectivity index (χ1n) is 4.19. The molecule has 0 aromatic heterocycles. The first-order valence-corrected chi connectivity index (χ1v) is 6.49. The molecule has 2 unspecified atom stereocenters. The van der Waals surface area contributed by atoms with E-state index in [2.05, 4.69) is 4.31 Å². The Morgan fingerprint density at radius 2 is 1.93 bits per heavy atom. The molecular formula is C6H16O6P2. The lowest BCUT2D eigenvalue weighted by Crippen LogP contribution is -2.11. The number of ether oxygens (including phenoxy) is 1. The molecule has 0 aromatic carbocycles. The van der Waals surface area contributed by atoms with E-state index in [1.165, 1.54) is 0 Å². The first-order chi connectivity index (χ1) is 6.56. The van der Waals surface area contributed by atoms with E-state index >= 15 is 0 Å². The van der Waals surface area contributed by atoms with Crippen LogP contribution in [0.4, 0.5) is 0 Å². The average molecular weight is 246 g/mol. The molecule has 0 saturated carbocycles. The van der Waals surface area contributed by atoms with Gasteiger partial charge in [0.25, 0.3) is 0 Å². The molecule has 0 radical (unpaired) electrons. The molecule has 6 nitrogen and oxygen atoms in total. The summed E-state index contributed by atoms with van der Waals surface area (Å²) in [5.74, 6) is 0. The van der Waals surface area contributed by atoms with Crippen molar-refractivity contribution < 1.29 is 28.3 Å². The molecule has 0 aromatic rings. The molecule has 2 atom stereocenters. The highest BCUT2D eigenvalue weighted by Gasteiger charge is 2.16. The number of rotatable bonds is 8. The molecule has 0 spiro atoms. The van der Waals surface area contributed by atoms with E-state index in [4.69, 9.17) is 23.9 Å². The van der Waals surface area contributed by atoms with Gasteiger partial charge in [0.15, 0.2) is 6.29 Å². The highest BCUT2D eigenvalue weighted by Crippen LogP contribution is 2.46. The summed E-state index contributed by atoms with van der Waals surface area (Å²) in [6.07, 6.45) is 1.30. The minimum Gasteiger partial charge on any atom is -0.352 e. The summed E-state index contributed by atoms with van der Waals surface area (Å²) >= 11 is 0. The molecule has 0 saturated heterocycles. The fraction of sp³-hybridized carbons (Fsp3) is 1.00. The van der Waals surface area contributed by atoms with Crippen molar-refractivity contribution in [3.63, 3.8) is 0 Å². The first kappa shape index (κ1) is 14.6. The second kappa shape index (κ2) is 8.89. The summed E-state index contributed by atoms with van der Waals surface area (Å²) in [6, 6.07) is 0. The van der Waals surface area contributed by atoms with Crippen LogP contribution in [0.15, 0.2) is 0 Å². The molecule has 0 amide bonds. The van der Waals surface area contributed by atoms with Gasteiger partial charge in [-0.05, 0) is 13.3 Å². The maximum atomic E-state index is 8.98. The minimum atomic E-state index is -2.59. The van der Waals surface area contributed by atoms with Crippen LogP contribution in [0.2, 0.25) is 0 Å². The highest BCUT2D eigenvalue weighted by molar-refractivity contribution is 7.54. The third kappa shape index (κ3) is 9.19. The molecule has 0 fully saturated rings. The third-order valence-corrected chi connectivity index (χ3v) is 2.85. The van der Waals surface area contributed by atoms with Crippen molar-refractivity contribution in [2.45, 2.75) is 33.0 Å². The Bertz CT molecular complexity index is 135. The Morgan fingerprint density at radius 1 is 1.29 bits per heavy atom. The molecule has 8 heteroatoms. The molecule has 0 aliphatic rings. The largest absolute Gasteiger partial charge is 0.352 e. The fourth-order valence-electron chi connectivity index (χ4n) is 0.633. The van der Waals surface area contributed by atoms with E-state index in [1.54, 1.807) is 6.92 Å². The predicted octanol–water partition coefficient (Wildman–Crippen LogP) is 1.61. The van der Waals surface area contributed by atoms with Crippen LogP contribution in [0.3, 0.4) is 0 Å². The van der Waals surface area contributed by atoms with Gasteiger partial charge in [0.05, 0.1) is 0 Å². The van der Waals surface area contributed by atoms with Gasteiger partial charge in [-0.25, -0.2) is 4.31 Å². The van der Waals surface area contributed by atoms with Gasteiger partial charge in [-0.2, -0.15) is 0 Å². The van der Waals surface area contributed by atoms with Gasteiger partial charge in [-0.15, -0.1) is 0 Å². The summed E-state index contributed by atoms with van der Waals surface area (Å²) < 4.78 is 14.1. The summed E-state index contributed by atoms with van der Waals surface area (Å²) in [6.45, 7) is 4.16. The standard InChI is InChI=1S/C6H16O6P2/c1-3-4-5-10-6(2)11-14(9)12-13(7)8/h6-9H,3-5H2,1-2H3. The zero-order chi connectivity index (χ0) is 11.0. The van der Waals surface area contributed by atoms with Crippen LogP contribution in [-0.2, 0) is 13.6 Å². The Kier molecular flexibility index (Phi) is 9.28. The second-order valence-corrected chi connectivity index (χ2v) is 4.31. The highest BCUT2D eigenvalue weighted by atomic mass is 31.2. The van der Waals surface area contributed by atoms with E-state index in [0.717, 1.165) is 12.8 Å². The molecule has 0 aliphatic heterocycles. The molecule has 0 rings (SSSR count). The van der Waals surface area contributed by atoms with Crippen molar-refractivity contribution in [3.05, 3.63) is 0 Å². The number of hydrogen-bond donors (Lipinski definition) is 3. The Balaban J connectivity index is 3.44. The van der Waals surface area contributed by atoms with Gasteiger partial charge in [-0.1, -0.05) is 13.3 Å². The van der Waals surface area contributed by atoms with Gasteiger partial charge in [0, 0.05) is 6.61 Å². The van der Waals surface area contributed by atoms with Crippen LogP contribution >= 0.6 is 17.2 Å². The molecule has 0 aliphatic carbocycles. The van der Waals surface area contributed by atoms with Crippen LogP contribution in [0.1, 0.15) is 26.7 Å². The van der Waals surface area contributed by atoms with Crippen molar-refractivity contribution in [2.24, 2.45) is 0 Å².